The summed E-state index contributed by atoms with van der Waals surface area (Å²) < 4.78 is 0. The first kappa shape index (κ1) is 13.2. The van der Waals surface area contributed by atoms with Crippen molar-refractivity contribution in [3.8, 4) is 0 Å². The van der Waals surface area contributed by atoms with Crippen LogP contribution in [0.25, 0.3) is 0 Å². The van der Waals surface area contributed by atoms with Crippen LogP contribution in [0.15, 0.2) is 30.7 Å². The van der Waals surface area contributed by atoms with Gasteiger partial charge in [-0.15, -0.1) is 0 Å². The minimum absolute atomic E-state index is 0.927. The third kappa shape index (κ3) is 3.02. The van der Waals surface area contributed by atoms with Gasteiger partial charge in [0.2, 0.25) is 0 Å². The monoisotopic (exact) mass is 268 g/mol. The Morgan fingerprint density at radius 2 is 2.10 bits per heavy atom. The summed E-state index contributed by atoms with van der Waals surface area (Å²) in [4.78, 5) is 15.7. The molecule has 3 rings (SSSR count). The Balaban J connectivity index is 1.72. The molecule has 0 aliphatic carbocycles. The fraction of sp³-hybridized carbons (Fsp3) is 0.438. The molecule has 0 amide bonds. The highest BCUT2D eigenvalue weighted by molar-refractivity contribution is 5.21. The van der Waals surface area contributed by atoms with Gasteiger partial charge in [0.15, 0.2) is 0 Å². The molecule has 0 bridgehead atoms. The Morgan fingerprint density at radius 3 is 2.90 bits per heavy atom. The van der Waals surface area contributed by atoms with E-state index in [9.17, 15) is 0 Å². The van der Waals surface area contributed by atoms with Crippen molar-refractivity contribution in [1.82, 2.24) is 19.9 Å². The second-order valence-corrected chi connectivity index (χ2v) is 5.32. The van der Waals surface area contributed by atoms with E-state index in [1.165, 1.54) is 16.8 Å². The van der Waals surface area contributed by atoms with E-state index in [2.05, 4.69) is 33.9 Å². The van der Waals surface area contributed by atoms with Crippen LogP contribution in [-0.4, -0.2) is 26.4 Å². The maximum absolute atomic E-state index is 4.73. The summed E-state index contributed by atoms with van der Waals surface area (Å²) in [5.74, 6) is 0.983. The second kappa shape index (κ2) is 6.09. The molecule has 0 saturated carbocycles. The number of hydrogen-bond acceptors (Lipinski definition) is 4. The zero-order valence-electron chi connectivity index (χ0n) is 11.9. The van der Waals surface area contributed by atoms with Gasteiger partial charge in [0.25, 0.3) is 0 Å². The fourth-order valence-electron chi connectivity index (χ4n) is 2.62. The van der Waals surface area contributed by atoms with Gasteiger partial charge in [0.1, 0.15) is 5.82 Å². The normalized spacial score (nSPS) is 15.1. The number of aromatic nitrogens is 3. The van der Waals surface area contributed by atoms with Crippen molar-refractivity contribution in [2.45, 2.75) is 39.3 Å². The molecular formula is C16H20N4. The van der Waals surface area contributed by atoms with Crippen LogP contribution in [0.1, 0.15) is 36.0 Å². The molecule has 2 aromatic heterocycles. The van der Waals surface area contributed by atoms with Gasteiger partial charge in [0, 0.05) is 44.6 Å². The number of pyridine rings is 1. The highest BCUT2D eigenvalue weighted by Crippen LogP contribution is 2.18. The average molecular weight is 268 g/mol. The SMILES string of the molecule is CCCc1ncc2c(n1)CN(Cc1ccncc1)CC2. The molecule has 0 radical (unpaired) electrons. The van der Waals surface area contributed by atoms with Gasteiger partial charge in [0.05, 0.1) is 5.69 Å². The van der Waals surface area contributed by atoms with Crippen molar-refractivity contribution in [2.75, 3.05) is 6.54 Å². The lowest BCUT2D eigenvalue weighted by atomic mass is 10.1. The Bertz CT molecular complexity index is 568. The third-order valence-electron chi connectivity index (χ3n) is 3.70. The summed E-state index contributed by atoms with van der Waals surface area (Å²) in [6.45, 7) is 5.14. The van der Waals surface area contributed by atoms with Crippen LogP contribution >= 0.6 is 0 Å². The Labute approximate surface area is 119 Å². The van der Waals surface area contributed by atoms with Crippen molar-refractivity contribution in [3.63, 3.8) is 0 Å². The van der Waals surface area contributed by atoms with E-state index >= 15 is 0 Å². The van der Waals surface area contributed by atoms with E-state index < -0.39 is 0 Å². The quantitative estimate of drug-likeness (QED) is 0.854. The maximum Gasteiger partial charge on any atom is 0.128 e. The molecule has 0 atom stereocenters. The molecule has 0 N–H and O–H groups in total. The van der Waals surface area contributed by atoms with Crippen LogP contribution in [0.3, 0.4) is 0 Å². The number of rotatable bonds is 4. The summed E-state index contributed by atoms with van der Waals surface area (Å²) in [6, 6.07) is 4.16. The number of fused-ring (bicyclic) bond motifs is 1. The van der Waals surface area contributed by atoms with E-state index in [1.54, 1.807) is 0 Å². The van der Waals surface area contributed by atoms with E-state index in [0.717, 1.165) is 44.7 Å². The zero-order chi connectivity index (χ0) is 13.8. The van der Waals surface area contributed by atoms with Gasteiger partial charge in [-0.2, -0.15) is 0 Å². The molecule has 1 aliphatic heterocycles. The van der Waals surface area contributed by atoms with Gasteiger partial charge in [-0.25, -0.2) is 9.97 Å². The van der Waals surface area contributed by atoms with Crippen LogP contribution in [0.4, 0.5) is 0 Å². The van der Waals surface area contributed by atoms with Crippen molar-refractivity contribution in [2.24, 2.45) is 0 Å². The van der Waals surface area contributed by atoms with E-state index in [0.29, 0.717) is 0 Å². The standard InChI is InChI=1S/C16H20N4/c1-2-3-16-18-10-14-6-9-20(12-15(14)19-16)11-13-4-7-17-8-5-13/h4-5,7-8,10H,2-3,6,9,11-12H2,1H3. The average Bonchev–Trinajstić information content (AvgIpc) is 2.48. The van der Waals surface area contributed by atoms with Crippen LogP contribution < -0.4 is 0 Å². The topological polar surface area (TPSA) is 41.9 Å². The second-order valence-electron chi connectivity index (χ2n) is 5.32. The smallest absolute Gasteiger partial charge is 0.128 e. The fourth-order valence-corrected chi connectivity index (χ4v) is 2.62. The van der Waals surface area contributed by atoms with Gasteiger partial charge in [-0.1, -0.05) is 6.92 Å². The Morgan fingerprint density at radius 1 is 1.25 bits per heavy atom. The summed E-state index contributed by atoms with van der Waals surface area (Å²) in [6.07, 6.45) is 8.85. The zero-order valence-corrected chi connectivity index (χ0v) is 11.9. The van der Waals surface area contributed by atoms with Crippen LogP contribution in [0.5, 0.6) is 0 Å². The van der Waals surface area contributed by atoms with Crippen molar-refractivity contribution in [3.05, 3.63) is 53.4 Å². The molecule has 0 unspecified atom stereocenters. The molecule has 4 nitrogen and oxygen atoms in total. The third-order valence-corrected chi connectivity index (χ3v) is 3.70. The molecule has 104 valence electrons. The first-order valence-electron chi connectivity index (χ1n) is 7.30. The molecule has 3 heterocycles. The predicted molar refractivity (Wildman–Crippen MR) is 78.1 cm³/mol. The molecule has 0 fully saturated rings. The van der Waals surface area contributed by atoms with Crippen LogP contribution in [0, 0.1) is 0 Å². The minimum atomic E-state index is 0.927. The van der Waals surface area contributed by atoms with Crippen molar-refractivity contribution >= 4 is 0 Å². The molecule has 2 aromatic rings. The summed E-state index contributed by atoms with van der Waals surface area (Å²) in [5, 5.41) is 0. The lowest BCUT2D eigenvalue weighted by Gasteiger charge is -2.27. The highest BCUT2D eigenvalue weighted by Gasteiger charge is 2.18. The number of hydrogen-bond donors (Lipinski definition) is 0. The molecule has 4 heteroatoms. The molecule has 0 aromatic carbocycles. The van der Waals surface area contributed by atoms with E-state index in [1.807, 2.05) is 18.6 Å². The van der Waals surface area contributed by atoms with Crippen LogP contribution in [-0.2, 0) is 25.9 Å². The van der Waals surface area contributed by atoms with E-state index in [-0.39, 0.29) is 0 Å². The Kier molecular flexibility index (Phi) is 4.02. The maximum atomic E-state index is 4.73. The first-order valence-corrected chi connectivity index (χ1v) is 7.30. The van der Waals surface area contributed by atoms with Gasteiger partial charge >= 0.3 is 0 Å². The largest absolute Gasteiger partial charge is 0.293 e. The van der Waals surface area contributed by atoms with Gasteiger partial charge in [-0.05, 0) is 36.1 Å². The Hall–Kier alpha value is -1.81. The molecule has 0 spiro atoms. The van der Waals surface area contributed by atoms with Crippen molar-refractivity contribution in [1.29, 1.82) is 0 Å². The lowest BCUT2D eigenvalue weighted by Crippen LogP contribution is -2.31. The minimum Gasteiger partial charge on any atom is -0.293 e. The van der Waals surface area contributed by atoms with Crippen molar-refractivity contribution < 1.29 is 0 Å². The summed E-state index contributed by atoms with van der Waals surface area (Å²) in [5.41, 5.74) is 3.84. The van der Waals surface area contributed by atoms with E-state index in [4.69, 9.17) is 4.98 Å². The van der Waals surface area contributed by atoms with Gasteiger partial charge in [-0.3, -0.25) is 9.88 Å². The summed E-state index contributed by atoms with van der Waals surface area (Å²) in [7, 11) is 0. The molecule has 0 saturated heterocycles. The molecule has 1 aliphatic rings. The number of nitrogens with zero attached hydrogens (tertiary/aromatic N) is 4. The lowest BCUT2D eigenvalue weighted by molar-refractivity contribution is 0.240. The number of aryl methyl sites for hydroxylation is 1. The molecule has 20 heavy (non-hydrogen) atoms. The highest BCUT2D eigenvalue weighted by atomic mass is 15.1. The summed E-state index contributed by atoms with van der Waals surface area (Å²) >= 11 is 0. The molecular weight excluding hydrogens is 248 g/mol. The first-order chi connectivity index (χ1) is 9.85. The predicted octanol–water partition coefficient (Wildman–Crippen LogP) is 2.38. The van der Waals surface area contributed by atoms with Crippen LogP contribution in [0.2, 0.25) is 0 Å². The van der Waals surface area contributed by atoms with Gasteiger partial charge < -0.3 is 0 Å².